The van der Waals surface area contributed by atoms with Crippen LogP contribution in [0.5, 0.6) is 0 Å². The molecule has 0 aliphatic heterocycles. The summed E-state index contributed by atoms with van der Waals surface area (Å²) in [6.07, 6.45) is 0.154. The fourth-order valence-electron chi connectivity index (χ4n) is 4.63. The third-order valence-electron chi connectivity index (χ3n) is 6.85. The molecule has 0 bridgehead atoms. The second-order valence-corrected chi connectivity index (χ2v) is 11.9. The summed E-state index contributed by atoms with van der Waals surface area (Å²) in [4.78, 5) is 42.6. The molecule has 7 heteroatoms. The van der Waals surface area contributed by atoms with Gasteiger partial charge >= 0.3 is 6.09 Å². The van der Waals surface area contributed by atoms with E-state index in [0.29, 0.717) is 6.54 Å². The average Bonchev–Trinajstić information content (AvgIpc) is 3.55. The van der Waals surface area contributed by atoms with E-state index in [2.05, 4.69) is 17.6 Å². The number of hydrogen-bond acceptors (Lipinski definition) is 4. The van der Waals surface area contributed by atoms with Crippen molar-refractivity contribution in [2.24, 2.45) is 11.8 Å². The zero-order chi connectivity index (χ0) is 28.2. The van der Waals surface area contributed by atoms with Gasteiger partial charge in [0, 0.05) is 12.6 Å². The number of rotatable bonds is 9. The van der Waals surface area contributed by atoms with E-state index in [1.165, 1.54) is 0 Å². The molecule has 2 N–H and O–H groups in total. The Balaban J connectivity index is 2.00. The maximum atomic E-state index is 14.3. The zero-order valence-corrected chi connectivity index (χ0v) is 24.0. The van der Waals surface area contributed by atoms with Crippen LogP contribution in [0.15, 0.2) is 48.5 Å². The van der Waals surface area contributed by atoms with Crippen LogP contribution in [0.1, 0.15) is 76.3 Å². The molecule has 0 radical (unpaired) electrons. The van der Waals surface area contributed by atoms with Crippen LogP contribution in [0.4, 0.5) is 4.79 Å². The van der Waals surface area contributed by atoms with Crippen LogP contribution in [-0.2, 0) is 20.9 Å². The lowest BCUT2D eigenvalue weighted by molar-refractivity contribution is -0.144. The summed E-state index contributed by atoms with van der Waals surface area (Å²) in [6, 6.07) is 13.9. The summed E-state index contributed by atoms with van der Waals surface area (Å²) in [6.45, 7) is 15.5. The van der Waals surface area contributed by atoms with Crippen LogP contribution < -0.4 is 10.6 Å². The van der Waals surface area contributed by atoms with Gasteiger partial charge in [-0.1, -0.05) is 74.9 Å². The lowest BCUT2D eigenvalue weighted by Crippen LogP contribution is -2.55. The molecule has 4 atom stereocenters. The molecule has 1 fully saturated rings. The highest BCUT2D eigenvalue weighted by Gasteiger charge is 2.49. The number of alkyl carbamates (subject to hydrolysis) is 1. The highest BCUT2D eigenvalue weighted by atomic mass is 16.6. The molecule has 1 aliphatic rings. The lowest BCUT2D eigenvalue weighted by Gasteiger charge is -2.36. The number of amides is 3. The van der Waals surface area contributed by atoms with Crippen LogP contribution in [-0.4, -0.2) is 40.5 Å². The first-order chi connectivity index (χ1) is 17.8. The van der Waals surface area contributed by atoms with Gasteiger partial charge in [-0.15, -0.1) is 0 Å². The molecule has 206 valence electrons. The van der Waals surface area contributed by atoms with E-state index >= 15 is 0 Å². The number of benzene rings is 2. The van der Waals surface area contributed by atoms with Gasteiger partial charge in [-0.25, -0.2) is 4.79 Å². The molecule has 7 nitrogen and oxygen atoms in total. The smallest absolute Gasteiger partial charge is 0.408 e. The number of carbonyl (C=O) groups is 3. The van der Waals surface area contributed by atoms with Gasteiger partial charge in [-0.05, 0) is 69.6 Å². The maximum absolute atomic E-state index is 14.3. The molecule has 3 rings (SSSR count). The molecule has 1 aliphatic carbocycles. The van der Waals surface area contributed by atoms with Crippen molar-refractivity contribution < 1.29 is 19.1 Å². The standard InChI is InChI=1S/C31H43N3O4/c1-19(2)26(33-30(37)38-31(6,7)8)29(36)34(25-17-22(25)5)27(24-16-20(3)14-15-21(24)4)28(35)32-18-23-12-10-9-11-13-23/h9-16,19,22,25-27H,17-18H2,1-8H3,(H,32,35)(H,33,37). The molecular formula is C31H43N3O4. The van der Waals surface area contributed by atoms with E-state index in [4.69, 9.17) is 4.74 Å². The Labute approximate surface area is 227 Å². The Bertz CT molecular complexity index is 1140. The van der Waals surface area contributed by atoms with E-state index < -0.39 is 23.8 Å². The molecule has 3 amide bonds. The Morgan fingerprint density at radius 1 is 1.05 bits per heavy atom. The summed E-state index contributed by atoms with van der Waals surface area (Å²) >= 11 is 0. The van der Waals surface area contributed by atoms with Gasteiger partial charge < -0.3 is 20.3 Å². The number of nitrogens with zero attached hydrogens (tertiary/aromatic N) is 1. The number of ether oxygens (including phenoxy) is 1. The maximum Gasteiger partial charge on any atom is 0.408 e. The van der Waals surface area contributed by atoms with Crippen LogP contribution in [0.3, 0.4) is 0 Å². The monoisotopic (exact) mass is 521 g/mol. The number of hydrogen-bond donors (Lipinski definition) is 2. The second kappa shape index (κ2) is 12.0. The Kier molecular flexibility index (Phi) is 9.23. The van der Waals surface area contributed by atoms with Gasteiger partial charge in [0.25, 0.3) is 0 Å². The molecule has 2 aromatic carbocycles. The normalized spacial score (nSPS) is 18.3. The first-order valence-electron chi connectivity index (χ1n) is 13.5. The third-order valence-corrected chi connectivity index (χ3v) is 6.85. The van der Waals surface area contributed by atoms with E-state index in [-0.39, 0.29) is 29.7 Å². The van der Waals surface area contributed by atoms with Crippen molar-refractivity contribution >= 4 is 17.9 Å². The van der Waals surface area contributed by atoms with Gasteiger partial charge in [-0.3, -0.25) is 9.59 Å². The fourth-order valence-corrected chi connectivity index (χ4v) is 4.63. The van der Waals surface area contributed by atoms with Crippen molar-refractivity contribution in [2.45, 2.75) is 92.1 Å². The summed E-state index contributed by atoms with van der Waals surface area (Å²) in [5.41, 5.74) is 3.02. The summed E-state index contributed by atoms with van der Waals surface area (Å²) in [7, 11) is 0. The van der Waals surface area contributed by atoms with Gasteiger partial charge in [0.1, 0.15) is 17.7 Å². The molecule has 4 unspecified atom stereocenters. The quantitative estimate of drug-likeness (QED) is 0.460. The number of carbonyl (C=O) groups excluding carboxylic acids is 3. The van der Waals surface area contributed by atoms with Crippen molar-refractivity contribution in [3.8, 4) is 0 Å². The highest BCUT2D eigenvalue weighted by molar-refractivity contribution is 5.93. The van der Waals surface area contributed by atoms with Gasteiger partial charge in [-0.2, -0.15) is 0 Å². The first-order valence-corrected chi connectivity index (χ1v) is 13.5. The molecular weight excluding hydrogens is 478 g/mol. The number of aryl methyl sites for hydroxylation is 2. The van der Waals surface area contributed by atoms with Gasteiger partial charge in [0.05, 0.1) is 0 Å². The van der Waals surface area contributed by atoms with E-state index in [1.807, 2.05) is 76.2 Å². The third kappa shape index (κ3) is 7.59. The average molecular weight is 522 g/mol. The minimum absolute atomic E-state index is 0.100. The molecule has 38 heavy (non-hydrogen) atoms. The van der Waals surface area contributed by atoms with Crippen LogP contribution >= 0.6 is 0 Å². The first kappa shape index (κ1) is 29.2. The van der Waals surface area contributed by atoms with E-state index in [9.17, 15) is 14.4 Å². The lowest BCUT2D eigenvalue weighted by atomic mass is 9.94. The molecule has 2 aromatic rings. The molecule has 0 aromatic heterocycles. The molecule has 1 saturated carbocycles. The van der Waals surface area contributed by atoms with Gasteiger partial charge in [0.15, 0.2) is 0 Å². The minimum atomic E-state index is -0.841. The second-order valence-electron chi connectivity index (χ2n) is 11.9. The Hall–Kier alpha value is -3.35. The van der Waals surface area contributed by atoms with Crippen molar-refractivity contribution in [1.29, 1.82) is 0 Å². The predicted molar refractivity (Wildman–Crippen MR) is 149 cm³/mol. The Morgan fingerprint density at radius 3 is 2.24 bits per heavy atom. The summed E-state index contributed by atoms with van der Waals surface area (Å²) < 4.78 is 5.46. The van der Waals surface area contributed by atoms with Crippen molar-refractivity contribution in [1.82, 2.24) is 15.5 Å². The predicted octanol–water partition coefficient (Wildman–Crippen LogP) is 5.45. The highest BCUT2D eigenvalue weighted by Crippen LogP contribution is 2.41. The van der Waals surface area contributed by atoms with Crippen LogP contribution in [0.25, 0.3) is 0 Å². The van der Waals surface area contributed by atoms with Gasteiger partial charge in [0.2, 0.25) is 11.8 Å². The van der Waals surface area contributed by atoms with E-state index in [0.717, 1.165) is 28.7 Å². The zero-order valence-electron chi connectivity index (χ0n) is 24.0. The number of nitrogens with one attached hydrogen (secondary N) is 2. The Morgan fingerprint density at radius 2 is 1.68 bits per heavy atom. The van der Waals surface area contributed by atoms with E-state index in [1.54, 1.807) is 25.7 Å². The molecule has 0 saturated heterocycles. The topological polar surface area (TPSA) is 87.7 Å². The summed E-state index contributed by atoms with van der Waals surface area (Å²) in [5.74, 6) is -0.475. The van der Waals surface area contributed by atoms with Crippen LogP contribution in [0, 0.1) is 25.7 Å². The van der Waals surface area contributed by atoms with Crippen molar-refractivity contribution in [3.05, 3.63) is 70.8 Å². The fraction of sp³-hybridized carbons (Fsp3) is 0.516. The molecule has 0 heterocycles. The van der Waals surface area contributed by atoms with Crippen molar-refractivity contribution in [3.63, 3.8) is 0 Å². The van der Waals surface area contributed by atoms with Crippen molar-refractivity contribution in [2.75, 3.05) is 0 Å². The SMILES string of the molecule is Cc1ccc(C)c(C(C(=O)NCc2ccccc2)N(C(=O)C(NC(=O)OC(C)(C)C)C(C)C)C2CC2C)c1. The molecule has 0 spiro atoms. The van der Waals surface area contributed by atoms with Crippen LogP contribution in [0.2, 0.25) is 0 Å². The minimum Gasteiger partial charge on any atom is -0.444 e. The summed E-state index contributed by atoms with van der Waals surface area (Å²) in [5, 5.41) is 5.87. The largest absolute Gasteiger partial charge is 0.444 e.